The number of anilines is 2. The second-order valence-corrected chi connectivity index (χ2v) is 7.81. The summed E-state index contributed by atoms with van der Waals surface area (Å²) < 4.78 is 25.2. The van der Waals surface area contributed by atoms with E-state index < -0.39 is 33.3 Å². The molecule has 0 saturated heterocycles. The number of benzene rings is 2. The number of sulfone groups is 1. The third kappa shape index (κ3) is 3.13. The normalized spacial score (nSPS) is 18.4. The minimum atomic E-state index is -3.92. The van der Waals surface area contributed by atoms with Crippen LogP contribution in [0.2, 0.25) is 5.02 Å². The Kier molecular flexibility index (Phi) is 4.29. The fourth-order valence-corrected chi connectivity index (χ4v) is 4.28. The van der Waals surface area contributed by atoms with E-state index in [1.54, 1.807) is 36.4 Å². The van der Waals surface area contributed by atoms with Gasteiger partial charge in [0.1, 0.15) is 0 Å². The number of nitrogens with one attached hydrogen (secondary N) is 2. The lowest BCUT2D eigenvalue weighted by atomic mass is 10.2. The molecule has 8 heteroatoms. The molecule has 0 aromatic heterocycles. The molecule has 0 spiro atoms. The first kappa shape index (κ1) is 16.5. The van der Waals surface area contributed by atoms with Gasteiger partial charge in [-0.15, -0.1) is 0 Å². The van der Waals surface area contributed by atoms with Crippen LogP contribution in [0.15, 0.2) is 53.4 Å². The summed E-state index contributed by atoms with van der Waals surface area (Å²) in [6, 6.07) is 12.5. The van der Waals surface area contributed by atoms with Crippen LogP contribution in [-0.2, 0) is 19.4 Å². The first-order valence-electron chi connectivity index (χ1n) is 7.07. The zero-order valence-corrected chi connectivity index (χ0v) is 13.9. The zero-order chi connectivity index (χ0) is 17.3. The monoisotopic (exact) mass is 364 g/mol. The van der Waals surface area contributed by atoms with E-state index in [0.29, 0.717) is 10.7 Å². The maximum absolute atomic E-state index is 12.6. The quantitative estimate of drug-likeness (QED) is 0.875. The summed E-state index contributed by atoms with van der Waals surface area (Å²) in [7, 11) is -3.92. The van der Waals surface area contributed by atoms with Crippen LogP contribution in [0.3, 0.4) is 0 Å². The van der Waals surface area contributed by atoms with Gasteiger partial charge in [-0.3, -0.25) is 9.59 Å². The molecule has 0 saturated carbocycles. The largest absolute Gasteiger partial charge is 0.326 e. The average molecular weight is 365 g/mol. The number of hydrogen-bond acceptors (Lipinski definition) is 4. The Labute approximate surface area is 143 Å². The molecule has 1 aliphatic heterocycles. The molecule has 0 aliphatic carbocycles. The van der Waals surface area contributed by atoms with Crippen LogP contribution in [0, 0.1) is 0 Å². The van der Waals surface area contributed by atoms with Gasteiger partial charge in [-0.05, 0) is 36.4 Å². The van der Waals surface area contributed by atoms with E-state index in [1.807, 2.05) is 0 Å². The molecule has 2 aromatic carbocycles. The van der Waals surface area contributed by atoms with Crippen molar-refractivity contribution in [2.75, 3.05) is 10.6 Å². The zero-order valence-electron chi connectivity index (χ0n) is 12.3. The van der Waals surface area contributed by atoms with Crippen molar-refractivity contribution in [3.05, 3.63) is 53.6 Å². The van der Waals surface area contributed by atoms with Gasteiger partial charge >= 0.3 is 0 Å². The van der Waals surface area contributed by atoms with Gasteiger partial charge in [0.25, 0.3) is 0 Å². The molecule has 24 heavy (non-hydrogen) atoms. The Hall–Kier alpha value is -2.38. The fraction of sp³-hybridized carbons (Fsp3) is 0.125. The topological polar surface area (TPSA) is 92.3 Å². The van der Waals surface area contributed by atoms with E-state index in [1.165, 1.54) is 12.1 Å². The van der Waals surface area contributed by atoms with E-state index in [4.69, 9.17) is 11.6 Å². The van der Waals surface area contributed by atoms with Gasteiger partial charge in [0, 0.05) is 10.7 Å². The molecule has 0 unspecified atom stereocenters. The summed E-state index contributed by atoms with van der Waals surface area (Å²) in [5, 5.41) is 4.14. The summed E-state index contributed by atoms with van der Waals surface area (Å²) in [4.78, 5) is 24.3. The molecule has 0 fully saturated rings. The van der Waals surface area contributed by atoms with Crippen LogP contribution in [0.1, 0.15) is 6.42 Å². The Bertz CT molecular complexity index is 910. The number of halogens is 1. The third-order valence-electron chi connectivity index (χ3n) is 3.62. The van der Waals surface area contributed by atoms with E-state index in [2.05, 4.69) is 10.6 Å². The second-order valence-electron chi connectivity index (χ2n) is 5.28. The highest BCUT2D eigenvalue weighted by Crippen LogP contribution is 2.31. The van der Waals surface area contributed by atoms with Crippen molar-refractivity contribution in [1.29, 1.82) is 0 Å². The van der Waals surface area contributed by atoms with Crippen LogP contribution < -0.4 is 10.6 Å². The van der Waals surface area contributed by atoms with Crippen LogP contribution in [-0.4, -0.2) is 25.5 Å². The van der Waals surface area contributed by atoms with Gasteiger partial charge in [-0.1, -0.05) is 23.7 Å². The summed E-state index contributed by atoms with van der Waals surface area (Å²) in [6.45, 7) is 0. The molecule has 6 nitrogen and oxygen atoms in total. The summed E-state index contributed by atoms with van der Waals surface area (Å²) in [6.07, 6.45) is -0.467. The molecule has 124 valence electrons. The number of carbonyl (C=O) groups excluding carboxylic acids is 2. The molecule has 3 rings (SSSR count). The third-order valence-corrected chi connectivity index (χ3v) is 5.97. The number of carbonyl (C=O) groups is 2. The van der Waals surface area contributed by atoms with Crippen molar-refractivity contribution in [2.24, 2.45) is 0 Å². The van der Waals surface area contributed by atoms with Crippen molar-refractivity contribution in [1.82, 2.24) is 0 Å². The summed E-state index contributed by atoms with van der Waals surface area (Å²) >= 11 is 5.76. The molecule has 2 aromatic rings. The number of para-hydroxylation sites is 1. The lowest BCUT2D eigenvalue weighted by Crippen LogP contribution is -2.42. The van der Waals surface area contributed by atoms with Crippen molar-refractivity contribution in [2.45, 2.75) is 16.6 Å². The highest BCUT2D eigenvalue weighted by Gasteiger charge is 2.41. The lowest BCUT2D eigenvalue weighted by molar-refractivity contribution is -0.121. The van der Waals surface area contributed by atoms with Crippen molar-refractivity contribution in [3.63, 3.8) is 0 Å². The van der Waals surface area contributed by atoms with Crippen LogP contribution >= 0.6 is 11.6 Å². The minimum absolute atomic E-state index is 0.0221. The highest BCUT2D eigenvalue weighted by atomic mass is 35.5. The molecule has 0 radical (unpaired) electrons. The van der Waals surface area contributed by atoms with Gasteiger partial charge in [0.15, 0.2) is 15.1 Å². The van der Waals surface area contributed by atoms with Gasteiger partial charge in [0.2, 0.25) is 11.8 Å². The average Bonchev–Trinajstić information content (AvgIpc) is 2.54. The Morgan fingerprint density at radius 3 is 2.50 bits per heavy atom. The van der Waals surface area contributed by atoms with E-state index >= 15 is 0 Å². The molecule has 0 bridgehead atoms. The van der Waals surface area contributed by atoms with E-state index in [0.717, 1.165) is 0 Å². The molecular weight excluding hydrogens is 352 g/mol. The molecule has 1 atom stereocenters. The van der Waals surface area contributed by atoms with Gasteiger partial charge < -0.3 is 10.6 Å². The molecule has 2 amide bonds. The number of fused-ring (bicyclic) bond motifs is 1. The van der Waals surface area contributed by atoms with Crippen molar-refractivity contribution in [3.8, 4) is 0 Å². The minimum Gasteiger partial charge on any atom is -0.326 e. The second kappa shape index (κ2) is 6.26. The van der Waals surface area contributed by atoms with Crippen molar-refractivity contribution >= 4 is 44.6 Å². The van der Waals surface area contributed by atoms with Crippen LogP contribution in [0.4, 0.5) is 11.4 Å². The van der Waals surface area contributed by atoms with Crippen molar-refractivity contribution < 1.29 is 18.0 Å². The molecular formula is C16H13ClN2O4S. The van der Waals surface area contributed by atoms with Gasteiger partial charge in [-0.2, -0.15) is 0 Å². The standard InChI is InChI=1S/C16H13ClN2O4S/c17-10-5-7-11(8-6-10)18-15(20)9-14-16(21)19-12-3-1-2-4-13(12)24(14,22)23/h1-8,14H,9H2,(H,18,20)(H,19,21)/t14-/m0/s1. The predicted octanol–water partition coefficient (Wildman–Crippen LogP) is 2.46. The maximum atomic E-state index is 12.6. The van der Waals surface area contributed by atoms with E-state index in [-0.39, 0.29) is 10.6 Å². The molecule has 1 heterocycles. The smallest absolute Gasteiger partial charge is 0.243 e. The maximum Gasteiger partial charge on any atom is 0.243 e. The Balaban J connectivity index is 1.81. The first-order chi connectivity index (χ1) is 11.4. The van der Waals surface area contributed by atoms with E-state index in [9.17, 15) is 18.0 Å². The summed E-state index contributed by atoms with van der Waals surface area (Å²) in [5.41, 5.74) is 0.704. The number of hydrogen-bond donors (Lipinski definition) is 2. The predicted molar refractivity (Wildman–Crippen MR) is 90.7 cm³/mol. The number of amides is 2. The first-order valence-corrected chi connectivity index (χ1v) is 8.99. The fourth-order valence-electron chi connectivity index (χ4n) is 2.44. The summed E-state index contributed by atoms with van der Waals surface area (Å²) in [5.74, 6) is -1.28. The lowest BCUT2D eigenvalue weighted by Gasteiger charge is -2.24. The molecule has 1 aliphatic rings. The SMILES string of the molecule is O=C(C[C@H]1C(=O)Nc2ccccc2S1(=O)=O)Nc1ccc(Cl)cc1. The molecule has 2 N–H and O–H groups in total. The van der Waals surface area contributed by atoms with Gasteiger partial charge in [0.05, 0.1) is 17.0 Å². The Morgan fingerprint density at radius 1 is 1.12 bits per heavy atom. The number of rotatable bonds is 3. The van der Waals surface area contributed by atoms with Gasteiger partial charge in [-0.25, -0.2) is 8.42 Å². The highest BCUT2D eigenvalue weighted by molar-refractivity contribution is 7.93. The Morgan fingerprint density at radius 2 is 1.79 bits per heavy atom. The van der Waals surface area contributed by atoms with Crippen LogP contribution in [0.5, 0.6) is 0 Å². The van der Waals surface area contributed by atoms with Crippen LogP contribution in [0.25, 0.3) is 0 Å².